The van der Waals surface area contributed by atoms with E-state index in [9.17, 15) is 9.18 Å². The highest BCUT2D eigenvalue weighted by atomic mass is 19.1. The van der Waals surface area contributed by atoms with Crippen molar-refractivity contribution in [2.24, 2.45) is 0 Å². The van der Waals surface area contributed by atoms with Gasteiger partial charge in [-0.25, -0.2) is 4.39 Å². The minimum atomic E-state index is -0.278. The number of benzene rings is 1. The molecule has 1 aromatic rings. The fraction of sp³-hybridized carbons (Fsp3) is 0.562. The Morgan fingerprint density at radius 1 is 1.33 bits per heavy atom. The predicted octanol–water partition coefficient (Wildman–Crippen LogP) is 2.20. The van der Waals surface area contributed by atoms with Crippen LogP contribution >= 0.6 is 0 Å². The van der Waals surface area contributed by atoms with Crippen molar-refractivity contribution in [1.82, 2.24) is 10.2 Å². The summed E-state index contributed by atoms with van der Waals surface area (Å²) in [6.07, 6.45) is 3.17. The molecule has 0 bridgehead atoms. The molecule has 0 unspecified atom stereocenters. The lowest BCUT2D eigenvalue weighted by atomic mass is 10.1. The Morgan fingerprint density at radius 3 is 2.67 bits per heavy atom. The van der Waals surface area contributed by atoms with Gasteiger partial charge in [0, 0.05) is 12.5 Å². The molecule has 21 heavy (non-hydrogen) atoms. The maximum absolute atomic E-state index is 12.7. The zero-order chi connectivity index (χ0) is 15.1. The minimum absolute atomic E-state index is 0.0901. The molecule has 0 atom stereocenters. The van der Waals surface area contributed by atoms with E-state index in [1.165, 1.54) is 12.1 Å². The third kappa shape index (κ3) is 5.71. The quantitative estimate of drug-likeness (QED) is 0.818. The largest absolute Gasteiger partial charge is 0.494 e. The molecular weight excluding hydrogens is 271 g/mol. The van der Waals surface area contributed by atoms with E-state index >= 15 is 0 Å². The van der Waals surface area contributed by atoms with Crippen molar-refractivity contribution in [1.29, 1.82) is 0 Å². The Bertz CT molecular complexity index is 442. The van der Waals surface area contributed by atoms with Gasteiger partial charge in [-0.05, 0) is 63.7 Å². The molecule has 2 rings (SSSR count). The summed E-state index contributed by atoms with van der Waals surface area (Å²) in [5.41, 5.74) is 0. The maximum Gasteiger partial charge on any atom is 0.220 e. The number of ether oxygens (including phenoxy) is 1. The molecule has 1 aromatic carbocycles. The molecule has 0 aromatic heterocycles. The van der Waals surface area contributed by atoms with Crippen LogP contribution in [-0.4, -0.2) is 43.6 Å². The van der Waals surface area contributed by atoms with Crippen LogP contribution in [0.15, 0.2) is 24.3 Å². The molecule has 1 aliphatic heterocycles. The third-order valence-electron chi connectivity index (χ3n) is 3.71. The number of rotatable bonds is 6. The van der Waals surface area contributed by atoms with E-state index in [4.69, 9.17) is 4.74 Å². The van der Waals surface area contributed by atoms with Crippen molar-refractivity contribution in [3.05, 3.63) is 30.1 Å². The predicted molar refractivity (Wildman–Crippen MR) is 79.8 cm³/mol. The topological polar surface area (TPSA) is 41.6 Å². The molecule has 116 valence electrons. The van der Waals surface area contributed by atoms with E-state index in [0.717, 1.165) is 25.9 Å². The molecule has 0 saturated carbocycles. The van der Waals surface area contributed by atoms with Crippen LogP contribution in [0.1, 0.15) is 25.7 Å². The molecule has 1 heterocycles. The van der Waals surface area contributed by atoms with Gasteiger partial charge in [0.15, 0.2) is 0 Å². The number of carbonyl (C=O) groups excluding carboxylic acids is 1. The van der Waals surface area contributed by atoms with Crippen molar-refractivity contribution in [3.63, 3.8) is 0 Å². The molecule has 1 fully saturated rings. The van der Waals surface area contributed by atoms with E-state index in [1.54, 1.807) is 12.1 Å². The monoisotopic (exact) mass is 294 g/mol. The molecule has 5 heteroatoms. The highest BCUT2D eigenvalue weighted by Gasteiger charge is 2.17. The highest BCUT2D eigenvalue weighted by Crippen LogP contribution is 2.12. The Labute approximate surface area is 125 Å². The summed E-state index contributed by atoms with van der Waals surface area (Å²) < 4.78 is 18.2. The van der Waals surface area contributed by atoms with Crippen molar-refractivity contribution >= 4 is 5.91 Å². The number of nitrogens with one attached hydrogen (secondary N) is 1. The van der Waals surface area contributed by atoms with Gasteiger partial charge >= 0.3 is 0 Å². The minimum Gasteiger partial charge on any atom is -0.494 e. The van der Waals surface area contributed by atoms with Gasteiger partial charge in [0.05, 0.1) is 6.61 Å². The Balaban J connectivity index is 1.58. The number of hydrogen-bond acceptors (Lipinski definition) is 3. The SMILES string of the molecule is CN1CCC(NC(=O)CCCOc2ccc(F)cc2)CC1. The van der Waals surface area contributed by atoms with Crippen molar-refractivity contribution in [2.45, 2.75) is 31.7 Å². The van der Waals surface area contributed by atoms with Gasteiger partial charge in [-0.3, -0.25) is 4.79 Å². The van der Waals surface area contributed by atoms with Gasteiger partial charge in [0.2, 0.25) is 5.91 Å². The van der Waals surface area contributed by atoms with Crippen LogP contribution in [0.2, 0.25) is 0 Å². The summed E-state index contributed by atoms with van der Waals surface area (Å²) in [5, 5.41) is 3.07. The van der Waals surface area contributed by atoms with Gasteiger partial charge in [-0.2, -0.15) is 0 Å². The normalized spacial score (nSPS) is 16.7. The van der Waals surface area contributed by atoms with Crippen LogP contribution in [0.3, 0.4) is 0 Å². The van der Waals surface area contributed by atoms with Crippen LogP contribution in [0.5, 0.6) is 5.75 Å². The summed E-state index contributed by atoms with van der Waals surface area (Å²) in [5.74, 6) is 0.444. The summed E-state index contributed by atoms with van der Waals surface area (Å²) in [7, 11) is 2.10. The van der Waals surface area contributed by atoms with E-state index in [1.807, 2.05) is 0 Å². The van der Waals surface area contributed by atoms with E-state index in [-0.39, 0.29) is 11.7 Å². The fourth-order valence-corrected chi connectivity index (χ4v) is 2.41. The third-order valence-corrected chi connectivity index (χ3v) is 3.71. The van der Waals surface area contributed by atoms with Crippen LogP contribution in [-0.2, 0) is 4.79 Å². The Morgan fingerprint density at radius 2 is 2.00 bits per heavy atom. The van der Waals surface area contributed by atoms with E-state index in [2.05, 4.69) is 17.3 Å². The maximum atomic E-state index is 12.7. The Kier molecular flexibility index (Phi) is 5.99. The first-order valence-corrected chi connectivity index (χ1v) is 7.50. The van der Waals surface area contributed by atoms with Gasteiger partial charge in [0.1, 0.15) is 11.6 Å². The van der Waals surface area contributed by atoms with Crippen LogP contribution in [0.4, 0.5) is 4.39 Å². The van der Waals surface area contributed by atoms with Crippen LogP contribution in [0, 0.1) is 5.82 Å². The summed E-state index contributed by atoms with van der Waals surface area (Å²) >= 11 is 0. The lowest BCUT2D eigenvalue weighted by molar-refractivity contribution is -0.122. The average molecular weight is 294 g/mol. The molecular formula is C16H23FN2O2. The van der Waals surface area contributed by atoms with Gasteiger partial charge in [-0.15, -0.1) is 0 Å². The van der Waals surface area contributed by atoms with Crippen molar-refractivity contribution in [2.75, 3.05) is 26.7 Å². The van der Waals surface area contributed by atoms with Crippen molar-refractivity contribution in [3.8, 4) is 5.75 Å². The number of piperidine rings is 1. The molecule has 1 amide bonds. The first-order chi connectivity index (χ1) is 10.1. The highest BCUT2D eigenvalue weighted by molar-refractivity contribution is 5.76. The molecule has 0 radical (unpaired) electrons. The Hall–Kier alpha value is -1.62. The second-order valence-electron chi connectivity index (χ2n) is 5.55. The number of amides is 1. The van der Waals surface area contributed by atoms with Crippen molar-refractivity contribution < 1.29 is 13.9 Å². The first-order valence-electron chi connectivity index (χ1n) is 7.50. The fourth-order valence-electron chi connectivity index (χ4n) is 2.41. The second-order valence-corrected chi connectivity index (χ2v) is 5.55. The second kappa shape index (κ2) is 7.98. The zero-order valence-electron chi connectivity index (χ0n) is 12.5. The number of halogens is 1. The smallest absolute Gasteiger partial charge is 0.220 e. The number of likely N-dealkylation sites (tertiary alicyclic amines) is 1. The molecule has 1 N–H and O–H groups in total. The van der Waals surface area contributed by atoms with E-state index < -0.39 is 0 Å². The molecule has 1 aliphatic rings. The van der Waals surface area contributed by atoms with Gasteiger partial charge in [0.25, 0.3) is 0 Å². The summed E-state index contributed by atoms with van der Waals surface area (Å²) in [6.45, 7) is 2.55. The molecule has 1 saturated heterocycles. The van der Waals surface area contributed by atoms with E-state index in [0.29, 0.717) is 31.2 Å². The lowest BCUT2D eigenvalue weighted by Gasteiger charge is -2.29. The van der Waals surface area contributed by atoms with Gasteiger partial charge in [-0.1, -0.05) is 0 Å². The number of carbonyl (C=O) groups is 1. The molecule has 4 nitrogen and oxygen atoms in total. The standard InChI is InChI=1S/C16H23FN2O2/c1-19-10-8-14(9-11-19)18-16(20)3-2-12-21-15-6-4-13(17)5-7-15/h4-7,14H,2-3,8-12H2,1H3,(H,18,20). The van der Waals surface area contributed by atoms with Crippen LogP contribution in [0.25, 0.3) is 0 Å². The number of hydrogen-bond donors (Lipinski definition) is 1. The van der Waals surface area contributed by atoms with Crippen LogP contribution < -0.4 is 10.1 Å². The average Bonchev–Trinajstić information content (AvgIpc) is 2.48. The molecule has 0 aliphatic carbocycles. The summed E-state index contributed by atoms with van der Waals surface area (Å²) in [4.78, 5) is 14.1. The van der Waals surface area contributed by atoms with Gasteiger partial charge < -0.3 is 15.0 Å². The first kappa shape index (κ1) is 15.8. The molecule has 0 spiro atoms. The zero-order valence-corrected chi connectivity index (χ0v) is 12.5. The lowest BCUT2D eigenvalue weighted by Crippen LogP contribution is -2.43. The number of nitrogens with zero attached hydrogens (tertiary/aromatic N) is 1. The summed E-state index contributed by atoms with van der Waals surface area (Å²) in [6, 6.07) is 6.22.